The molecule has 0 unspecified atom stereocenters. The zero-order valence-corrected chi connectivity index (χ0v) is 20.5. The van der Waals surface area contributed by atoms with Crippen LogP contribution in [0.3, 0.4) is 0 Å². The first-order chi connectivity index (χ1) is 17.8. The van der Waals surface area contributed by atoms with Crippen LogP contribution >= 0.6 is 0 Å². The summed E-state index contributed by atoms with van der Waals surface area (Å²) in [5.41, 5.74) is 2.62. The van der Waals surface area contributed by atoms with Crippen molar-refractivity contribution in [3.8, 4) is 0 Å². The van der Waals surface area contributed by atoms with Crippen LogP contribution in [-0.4, -0.2) is 41.5 Å². The largest absolute Gasteiger partial charge is 0.419 e. The molecule has 5 rings (SSSR count). The Kier molecular flexibility index (Phi) is 6.78. The lowest BCUT2D eigenvalue weighted by atomic mass is 10.1. The number of carbonyl (C=O) groups is 1. The summed E-state index contributed by atoms with van der Waals surface area (Å²) in [6.45, 7) is 5.74. The molecule has 3 heterocycles. The van der Waals surface area contributed by atoms with Gasteiger partial charge in [-0.2, -0.15) is 13.2 Å². The van der Waals surface area contributed by atoms with E-state index in [2.05, 4.69) is 44.4 Å². The molecule has 9 heteroatoms. The lowest BCUT2D eigenvalue weighted by molar-refractivity contribution is -0.136. The van der Waals surface area contributed by atoms with Crippen molar-refractivity contribution in [2.24, 2.45) is 0 Å². The Balaban J connectivity index is 1.24. The summed E-state index contributed by atoms with van der Waals surface area (Å²) >= 11 is 0. The lowest BCUT2D eigenvalue weighted by Crippen LogP contribution is -2.46. The minimum Gasteiger partial charge on any atom is -0.368 e. The number of pyridine rings is 1. The molecule has 1 amide bonds. The topological polar surface area (TPSA) is 52.9 Å². The van der Waals surface area contributed by atoms with E-state index in [0.29, 0.717) is 12.1 Å². The third kappa shape index (κ3) is 5.12. The van der Waals surface area contributed by atoms with Crippen molar-refractivity contribution in [3.63, 3.8) is 0 Å². The molecule has 1 aliphatic heterocycles. The molecule has 37 heavy (non-hydrogen) atoms. The van der Waals surface area contributed by atoms with Gasteiger partial charge in [0.2, 0.25) is 0 Å². The van der Waals surface area contributed by atoms with Crippen LogP contribution in [0.1, 0.15) is 34.2 Å². The van der Waals surface area contributed by atoms with Gasteiger partial charge < -0.3 is 15.1 Å². The van der Waals surface area contributed by atoms with Gasteiger partial charge in [-0.25, -0.2) is 4.98 Å². The Labute approximate surface area is 213 Å². The Hall–Kier alpha value is -4.01. The highest BCUT2D eigenvalue weighted by molar-refractivity contribution is 5.95. The second-order valence-corrected chi connectivity index (χ2v) is 9.03. The van der Waals surface area contributed by atoms with Crippen molar-refractivity contribution < 1.29 is 18.0 Å². The van der Waals surface area contributed by atoms with Gasteiger partial charge in [0, 0.05) is 50.3 Å². The number of hydrogen-bond donors (Lipinski definition) is 1. The number of piperazine rings is 1. The van der Waals surface area contributed by atoms with Crippen LogP contribution < -0.4 is 15.1 Å². The van der Waals surface area contributed by atoms with Crippen LogP contribution in [0.25, 0.3) is 5.65 Å². The monoisotopic (exact) mass is 507 g/mol. The molecule has 0 bridgehead atoms. The zero-order valence-electron chi connectivity index (χ0n) is 20.5. The number of aromatic nitrogens is 2. The van der Waals surface area contributed by atoms with Gasteiger partial charge >= 0.3 is 6.18 Å². The first kappa shape index (κ1) is 24.7. The Bertz CT molecular complexity index is 1370. The summed E-state index contributed by atoms with van der Waals surface area (Å²) in [6.07, 6.45) is -2.77. The number of imidazole rings is 1. The van der Waals surface area contributed by atoms with Crippen molar-refractivity contribution in [1.82, 2.24) is 14.7 Å². The number of amides is 1. The molecule has 192 valence electrons. The molecule has 6 nitrogen and oxygen atoms in total. The highest BCUT2D eigenvalue weighted by Gasteiger charge is 2.35. The molecule has 4 aromatic rings. The van der Waals surface area contributed by atoms with Gasteiger partial charge in [-0.15, -0.1) is 0 Å². The molecule has 1 aliphatic rings. The van der Waals surface area contributed by atoms with E-state index in [1.54, 1.807) is 6.92 Å². The third-order valence-corrected chi connectivity index (χ3v) is 6.73. The van der Waals surface area contributed by atoms with Gasteiger partial charge in [-0.1, -0.05) is 37.3 Å². The molecule has 1 fully saturated rings. The van der Waals surface area contributed by atoms with Crippen LogP contribution in [-0.2, 0) is 19.1 Å². The predicted molar refractivity (Wildman–Crippen MR) is 138 cm³/mol. The van der Waals surface area contributed by atoms with E-state index in [1.165, 1.54) is 22.4 Å². The average Bonchev–Trinajstić information content (AvgIpc) is 3.31. The normalized spacial score (nSPS) is 14.3. The lowest BCUT2D eigenvalue weighted by Gasteiger charge is -2.37. The Morgan fingerprint density at radius 1 is 0.892 bits per heavy atom. The highest BCUT2D eigenvalue weighted by atomic mass is 19.4. The summed E-state index contributed by atoms with van der Waals surface area (Å²) in [7, 11) is 0. The number of rotatable bonds is 6. The van der Waals surface area contributed by atoms with Crippen molar-refractivity contribution in [2.45, 2.75) is 26.1 Å². The molecule has 1 N–H and O–H groups in total. The third-order valence-electron chi connectivity index (χ3n) is 6.73. The van der Waals surface area contributed by atoms with Crippen LogP contribution in [0.2, 0.25) is 0 Å². The van der Waals surface area contributed by atoms with E-state index in [0.717, 1.165) is 43.5 Å². The number of aryl methyl sites for hydroxylation is 1. The summed E-state index contributed by atoms with van der Waals surface area (Å²) in [4.78, 5) is 21.9. The fourth-order valence-electron chi connectivity index (χ4n) is 4.78. The molecule has 0 saturated carbocycles. The summed E-state index contributed by atoms with van der Waals surface area (Å²) in [5, 5.41) is 2.85. The maximum Gasteiger partial charge on any atom is 0.419 e. The predicted octanol–water partition coefficient (Wildman–Crippen LogP) is 5.17. The summed E-state index contributed by atoms with van der Waals surface area (Å²) < 4.78 is 41.5. The Morgan fingerprint density at radius 2 is 1.51 bits per heavy atom. The first-order valence-corrected chi connectivity index (χ1v) is 12.3. The number of nitrogens with zero attached hydrogens (tertiary/aromatic N) is 4. The van der Waals surface area contributed by atoms with E-state index in [1.807, 2.05) is 30.3 Å². The van der Waals surface area contributed by atoms with Crippen LogP contribution in [0, 0.1) is 0 Å². The molecule has 0 spiro atoms. The smallest absolute Gasteiger partial charge is 0.368 e. The number of benzene rings is 2. The van der Waals surface area contributed by atoms with E-state index in [-0.39, 0.29) is 17.9 Å². The average molecular weight is 508 g/mol. The highest BCUT2D eigenvalue weighted by Crippen LogP contribution is 2.33. The number of carbonyl (C=O) groups excluding carboxylic acids is 1. The SMILES string of the molecule is CCc1nc2c(C(F)(F)F)cccn2c1C(=O)NCc1ccc(N2CCN(c3ccccc3)CC2)cc1. The van der Waals surface area contributed by atoms with E-state index >= 15 is 0 Å². The van der Waals surface area contributed by atoms with Gasteiger partial charge in [-0.3, -0.25) is 9.20 Å². The fraction of sp³-hybridized carbons (Fsp3) is 0.286. The fourth-order valence-corrected chi connectivity index (χ4v) is 4.78. The maximum absolute atomic E-state index is 13.4. The van der Waals surface area contributed by atoms with Crippen LogP contribution in [0.5, 0.6) is 0 Å². The number of hydrogen-bond acceptors (Lipinski definition) is 4. The molecule has 0 aliphatic carbocycles. The molecule has 0 radical (unpaired) electrons. The molecule has 2 aromatic heterocycles. The molecule has 1 saturated heterocycles. The molecular weight excluding hydrogens is 479 g/mol. The number of para-hydroxylation sites is 1. The molecular formula is C28H28F3N5O. The minimum absolute atomic E-state index is 0.136. The minimum atomic E-state index is -4.55. The number of halogens is 3. The summed E-state index contributed by atoms with van der Waals surface area (Å²) in [6, 6.07) is 20.7. The van der Waals surface area contributed by atoms with Crippen molar-refractivity contribution in [2.75, 3.05) is 36.0 Å². The Morgan fingerprint density at radius 3 is 2.11 bits per heavy atom. The molecule has 2 aromatic carbocycles. The zero-order chi connectivity index (χ0) is 26.0. The van der Waals surface area contributed by atoms with E-state index in [4.69, 9.17) is 0 Å². The quantitative estimate of drug-likeness (QED) is 0.391. The van der Waals surface area contributed by atoms with Gasteiger partial charge in [0.25, 0.3) is 5.91 Å². The van der Waals surface area contributed by atoms with E-state index in [9.17, 15) is 18.0 Å². The number of anilines is 2. The summed E-state index contributed by atoms with van der Waals surface area (Å²) in [5.74, 6) is -0.454. The molecule has 0 atom stereocenters. The second-order valence-electron chi connectivity index (χ2n) is 9.03. The van der Waals surface area contributed by atoms with Gasteiger partial charge in [0.1, 0.15) is 11.3 Å². The van der Waals surface area contributed by atoms with Crippen LogP contribution in [0.15, 0.2) is 72.9 Å². The standard InChI is InChI=1S/C28H28F3N5O/c1-2-24-25(36-14-6-9-23(26(36)33-24)28(29,30)31)27(37)32-19-20-10-12-22(13-11-20)35-17-15-34(16-18-35)21-7-4-3-5-8-21/h3-14H,2,15-19H2,1H3,(H,32,37). The van der Waals surface area contributed by atoms with E-state index < -0.39 is 17.6 Å². The van der Waals surface area contributed by atoms with Gasteiger partial charge in [0.05, 0.1) is 11.3 Å². The second kappa shape index (κ2) is 10.2. The first-order valence-electron chi connectivity index (χ1n) is 12.3. The van der Waals surface area contributed by atoms with Crippen molar-refractivity contribution >= 4 is 22.9 Å². The number of alkyl halides is 3. The van der Waals surface area contributed by atoms with Crippen molar-refractivity contribution in [1.29, 1.82) is 0 Å². The maximum atomic E-state index is 13.4. The van der Waals surface area contributed by atoms with Crippen LogP contribution in [0.4, 0.5) is 24.5 Å². The number of nitrogens with one attached hydrogen (secondary N) is 1. The number of fused-ring (bicyclic) bond motifs is 1. The van der Waals surface area contributed by atoms with Crippen molar-refractivity contribution in [3.05, 3.63) is 95.4 Å². The van der Waals surface area contributed by atoms with Gasteiger partial charge in [-0.05, 0) is 48.4 Å². The van der Waals surface area contributed by atoms with Gasteiger partial charge in [0.15, 0.2) is 0 Å².